The molecule has 0 saturated heterocycles. The van der Waals surface area contributed by atoms with Crippen molar-refractivity contribution in [3.8, 4) is 11.5 Å². The van der Waals surface area contributed by atoms with Gasteiger partial charge < -0.3 is 9.47 Å². The number of rotatable bonds is 5. The molecule has 0 aromatic heterocycles. The Labute approximate surface area is 126 Å². The third-order valence-electron chi connectivity index (χ3n) is 2.94. The molecular weight excluding hydrogens is 320 g/mol. The van der Waals surface area contributed by atoms with Gasteiger partial charge >= 0.3 is 0 Å². The van der Waals surface area contributed by atoms with Crippen molar-refractivity contribution >= 4 is 21.7 Å². The summed E-state index contributed by atoms with van der Waals surface area (Å²) in [6.07, 6.45) is 0. The van der Waals surface area contributed by atoms with Crippen LogP contribution in [0, 0.1) is 6.92 Å². The lowest BCUT2D eigenvalue weighted by Gasteiger charge is -2.10. The summed E-state index contributed by atoms with van der Waals surface area (Å²) in [5, 5.41) is 0. The fourth-order valence-corrected chi connectivity index (χ4v) is 2.30. The highest BCUT2D eigenvalue weighted by Gasteiger charge is 2.10. The van der Waals surface area contributed by atoms with Crippen LogP contribution in [-0.2, 0) is 0 Å². The average molecular weight is 335 g/mol. The molecule has 0 spiro atoms. The van der Waals surface area contributed by atoms with Crippen LogP contribution in [0.5, 0.6) is 11.5 Å². The normalized spacial score (nSPS) is 10.2. The number of aryl methyl sites for hydroxylation is 1. The van der Waals surface area contributed by atoms with E-state index < -0.39 is 0 Å². The van der Waals surface area contributed by atoms with Gasteiger partial charge in [0.05, 0.1) is 11.6 Å². The molecule has 0 saturated carbocycles. The van der Waals surface area contributed by atoms with Gasteiger partial charge in [0, 0.05) is 5.56 Å². The largest absolute Gasteiger partial charge is 0.497 e. The van der Waals surface area contributed by atoms with E-state index in [0.717, 1.165) is 15.8 Å². The molecule has 20 heavy (non-hydrogen) atoms. The molecule has 0 N–H and O–H groups in total. The van der Waals surface area contributed by atoms with E-state index in [4.69, 9.17) is 9.47 Å². The monoisotopic (exact) mass is 334 g/mol. The number of methoxy groups -OCH3 is 1. The second kappa shape index (κ2) is 6.57. The molecule has 0 amide bonds. The van der Waals surface area contributed by atoms with Crippen molar-refractivity contribution in [2.75, 3.05) is 13.7 Å². The SMILES string of the molecule is COc1ccc(OCC(=O)c2ccccc2C)c(Br)c1. The first-order chi connectivity index (χ1) is 9.61. The molecule has 0 atom stereocenters. The highest BCUT2D eigenvalue weighted by Crippen LogP contribution is 2.29. The second-order valence-corrected chi connectivity index (χ2v) is 5.18. The van der Waals surface area contributed by atoms with E-state index in [1.54, 1.807) is 25.3 Å². The Morgan fingerprint density at radius 2 is 1.95 bits per heavy atom. The Kier molecular flexibility index (Phi) is 4.79. The Hall–Kier alpha value is -1.81. The van der Waals surface area contributed by atoms with E-state index in [9.17, 15) is 4.79 Å². The van der Waals surface area contributed by atoms with E-state index in [0.29, 0.717) is 11.3 Å². The van der Waals surface area contributed by atoms with Gasteiger partial charge in [0.15, 0.2) is 12.4 Å². The van der Waals surface area contributed by atoms with Gasteiger partial charge in [0.2, 0.25) is 0 Å². The summed E-state index contributed by atoms with van der Waals surface area (Å²) in [6, 6.07) is 12.8. The number of ether oxygens (including phenoxy) is 2. The van der Waals surface area contributed by atoms with Gasteiger partial charge in [-0.1, -0.05) is 24.3 Å². The Bertz CT molecular complexity index is 623. The lowest BCUT2D eigenvalue weighted by Crippen LogP contribution is -2.13. The fourth-order valence-electron chi connectivity index (χ4n) is 1.83. The molecule has 0 radical (unpaired) electrons. The minimum atomic E-state index is -0.0363. The van der Waals surface area contributed by atoms with E-state index >= 15 is 0 Å². The molecule has 2 aromatic carbocycles. The van der Waals surface area contributed by atoms with Gasteiger partial charge in [-0.2, -0.15) is 0 Å². The topological polar surface area (TPSA) is 35.5 Å². The quantitative estimate of drug-likeness (QED) is 0.774. The molecule has 0 heterocycles. The second-order valence-electron chi connectivity index (χ2n) is 4.32. The van der Waals surface area contributed by atoms with Crippen LogP contribution in [0.3, 0.4) is 0 Å². The van der Waals surface area contributed by atoms with Crippen molar-refractivity contribution in [2.45, 2.75) is 6.92 Å². The summed E-state index contributed by atoms with van der Waals surface area (Å²) < 4.78 is 11.4. The van der Waals surface area contributed by atoms with Crippen molar-refractivity contribution in [3.05, 3.63) is 58.1 Å². The Morgan fingerprint density at radius 3 is 2.60 bits per heavy atom. The van der Waals surface area contributed by atoms with Gasteiger partial charge in [0.1, 0.15) is 11.5 Å². The van der Waals surface area contributed by atoms with E-state index in [-0.39, 0.29) is 12.4 Å². The molecule has 0 aliphatic carbocycles. The van der Waals surface area contributed by atoms with E-state index in [1.165, 1.54) is 0 Å². The maximum Gasteiger partial charge on any atom is 0.200 e. The van der Waals surface area contributed by atoms with Crippen LogP contribution in [0.25, 0.3) is 0 Å². The molecule has 0 unspecified atom stereocenters. The number of hydrogen-bond donors (Lipinski definition) is 0. The van der Waals surface area contributed by atoms with E-state index in [1.807, 2.05) is 31.2 Å². The first-order valence-corrected chi connectivity index (χ1v) is 6.96. The van der Waals surface area contributed by atoms with Crippen molar-refractivity contribution in [1.29, 1.82) is 0 Å². The average Bonchev–Trinajstić information content (AvgIpc) is 2.46. The molecule has 0 aliphatic heterocycles. The number of benzene rings is 2. The Morgan fingerprint density at radius 1 is 1.20 bits per heavy atom. The number of carbonyl (C=O) groups is 1. The first kappa shape index (κ1) is 14.6. The molecule has 2 rings (SSSR count). The van der Waals surface area contributed by atoms with Crippen LogP contribution in [0.2, 0.25) is 0 Å². The summed E-state index contributed by atoms with van der Waals surface area (Å²) in [5.41, 5.74) is 1.65. The van der Waals surface area contributed by atoms with Gasteiger partial charge in [0.25, 0.3) is 0 Å². The molecule has 0 bridgehead atoms. The molecule has 3 nitrogen and oxygen atoms in total. The van der Waals surface area contributed by atoms with Gasteiger partial charge in [-0.25, -0.2) is 0 Å². The molecule has 0 aliphatic rings. The molecule has 104 valence electrons. The highest BCUT2D eigenvalue weighted by molar-refractivity contribution is 9.10. The smallest absolute Gasteiger partial charge is 0.200 e. The van der Waals surface area contributed by atoms with Crippen LogP contribution in [0.1, 0.15) is 15.9 Å². The predicted molar refractivity (Wildman–Crippen MR) is 81.7 cm³/mol. The van der Waals surface area contributed by atoms with Crippen LogP contribution < -0.4 is 9.47 Å². The summed E-state index contributed by atoms with van der Waals surface area (Å²) in [5.74, 6) is 1.31. The zero-order chi connectivity index (χ0) is 14.5. The van der Waals surface area contributed by atoms with Crippen molar-refractivity contribution in [3.63, 3.8) is 0 Å². The number of halogens is 1. The predicted octanol–water partition coefficient (Wildman–Crippen LogP) is 4.03. The molecular formula is C16H15BrO3. The highest BCUT2D eigenvalue weighted by atomic mass is 79.9. The molecule has 2 aromatic rings. The van der Waals surface area contributed by atoms with Crippen molar-refractivity contribution < 1.29 is 14.3 Å². The summed E-state index contributed by atoms with van der Waals surface area (Å²) in [6.45, 7) is 1.92. The van der Waals surface area contributed by atoms with Crippen molar-refractivity contribution in [1.82, 2.24) is 0 Å². The maximum atomic E-state index is 12.1. The van der Waals surface area contributed by atoms with Crippen molar-refractivity contribution in [2.24, 2.45) is 0 Å². The van der Waals surface area contributed by atoms with Gasteiger partial charge in [-0.3, -0.25) is 4.79 Å². The van der Waals surface area contributed by atoms with Crippen LogP contribution >= 0.6 is 15.9 Å². The van der Waals surface area contributed by atoms with E-state index in [2.05, 4.69) is 15.9 Å². The standard InChI is InChI=1S/C16H15BrO3/c1-11-5-3-4-6-13(11)15(18)10-20-16-8-7-12(19-2)9-14(16)17/h3-9H,10H2,1-2H3. The van der Waals surface area contributed by atoms with Gasteiger partial charge in [-0.05, 0) is 46.6 Å². The number of ketones is 1. The first-order valence-electron chi connectivity index (χ1n) is 6.17. The Balaban J connectivity index is 2.06. The maximum absolute atomic E-state index is 12.1. The lowest BCUT2D eigenvalue weighted by atomic mass is 10.1. The zero-order valence-electron chi connectivity index (χ0n) is 11.4. The molecule has 4 heteroatoms. The number of Topliss-reactive ketones (excluding diaryl/α,β-unsaturated/α-hetero) is 1. The van der Waals surface area contributed by atoms with Crippen LogP contribution in [-0.4, -0.2) is 19.5 Å². The van der Waals surface area contributed by atoms with Crippen LogP contribution in [0.15, 0.2) is 46.9 Å². The van der Waals surface area contributed by atoms with Crippen LogP contribution in [0.4, 0.5) is 0 Å². The lowest BCUT2D eigenvalue weighted by molar-refractivity contribution is 0.0920. The zero-order valence-corrected chi connectivity index (χ0v) is 12.9. The minimum Gasteiger partial charge on any atom is -0.497 e. The molecule has 0 fully saturated rings. The minimum absolute atomic E-state index is 0.00970. The summed E-state index contributed by atoms with van der Waals surface area (Å²) >= 11 is 3.39. The van der Waals surface area contributed by atoms with Gasteiger partial charge in [-0.15, -0.1) is 0 Å². The fraction of sp³-hybridized carbons (Fsp3) is 0.188. The third-order valence-corrected chi connectivity index (χ3v) is 3.56. The third kappa shape index (κ3) is 3.39. The number of hydrogen-bond acceptors (Lipinski definition) is 3. The summed E-state index contributed by atoms with van der Waals surface area (Å²) in [4.78, 5) is 12.1. The summed E-state index contributed by atoms with van der Waals surface area (Å²) in [7, 11) is 1.60. The number of carbonyl (C=O) groups excluding carboxylic acids is 1.